The molecule has 35 heavy (non-hydrogen) atoms. The van der Waals surface area contributed by atoms with Crippen LogP contribution >= 0.6 is 22.9 Å². The number of carbonyl (C=O) groups is 1. The lowest BCUT2D eigenvalue weighted by molar-refractivity contribution is -0.137. The molecule has 0 spiro atoms. The Kier molecular flexibility index (Phi) is 7.80. The minimum Gasteiger partial charge on any atom is -0.373 e. The van der Waals surface area contributed by atoms with E-state index in [9.17, 15) is 22.2 Å². The molecule has 2 N–H and O–H groups in total. The third-order valence-electron chi connectivity index (χ3n) is 5.56. The summed E-state index contributed by atoms with van der Waals surface area (Å²) in [5.74, 6) is 0.280. The van der Waals surface area contributed by atoms with Crippen molar-refractivity contribution < 1.29 is 22.2 Å². The standard InChI is InChI=1S/C23H22ClF3N4O2S2/c1-28-20-12-14(11-17(30-20)15-4-6-16(7-5-15)23(25,26)27)13-29-22(32)18-3-2-10-31(18)35(33)21-9-8-19(24)34-21/h4-9,11-12,18H,2-3,10,13H2,1H3,(H,28,30)(H,29,32). The van der Waals surface area contributed by atoms with Gasteiger partial charge in [0, 0.05) is 25.7 Å². The Morgan fingerprint density at radius 3 is 2.60 bits per heavy atom. The summed E-state index contributed by atoms with van der Waals surface area (Å²) in [6, 6.07) is 11.1. The second-order valence-corrected chi connectivity index (χ2v) is 11.3. The molecule has 2 atom stereocenters. The molecular weight excluding hydrogens is 521 g/mol. The largest absolute Gasteiger partial charge is 0.416 e. The first-order valence-corrected chi connectivity index (χ1v) is 13.0. The highest BCUT2D eigenvalue weighted by molar-refractivity contribution is 7.85. The van der Waals surface area contributed by atoms with Crippen molar-refractivity contribution in [1.82, 2.24) is 14.6 Å². The van der Waals surface area contributed by atoms with E-state index in [2.05, 4.69) is 15.6 Å². The number of rotatable bonds is 7. The van der Waals surface area contributed by atoms with Gasteiger partial charge in [-0.1, -0.05) is 23.7 Å². The van der Waals surface area contributed by atoms with Crippen molar-refractivity contribution in [3.63, 3.8) is 0 Å². The molecule has 1 amide bonds. The van der Waals surface area contributed by atoms with Gasteiger partial charge in [-0.3, -0.25) is 4.79 Å². The summed E-state index contributed by atoms with van der Waals surface area (Å²) >= 11 is 7.19. The SMILES string of the molecule is CNc1cc(CNC(=O)C2CCCN2S(=O)c2ccc(Cl)s2)cc(-c2ccc(C(F)(F)F)cc2)n1. The van der Waals surface area contributed by atoms with Crippen LogP contribution in [0, 0.1) is 0 Å². The average molecular weight is 543 g/mol. The van der Waals surface area contributed by atoms with E-state index in [1.54, 1.807) is 35.6 Å². The van der Waals surface area contributed by atoms with E-state index < -0.39 is 28.8 Å². The molecule has 0 bridgehead atoms. The number of hydrogen-bond donors (Lipinski definition) is 2. The van der Waals surface area contributed by atoms with Gasteiger partial charge in [-0.2, -0.15) is 13.2 Å². The predicted octanol–water partition coefficient (Wildman–Crippen LogP) is 5.33. The van der Waals surface area contributed by atoms with Gasteiger partial charge in [0.2, 0.25) is 5.91 Å². The van der Waals surface area contributed by atoms with Crippen LogP contribution in [0.4, 0.5) is 19.0 Å². The molecule has 1 aliphatic heterocycles. The zero-order chi connectivity index (χ0) is 25.2. The highest BCUT2D eigenvalue weighted by Gasteiger charge is 2.35. The molecule has 4 rings (SSSR count). The van der Waals surface area contributed by atoms with Crippen molar-refractivity contribution in [3.05, 3.63) is 64.0 Å². The van der Waals surface area contributed by atoms with Crippen LogP contribution in [0.15, 0.2) is 52.7 Å². The van der Waals surface area contributed by atoms with Crippen LogP contribution < -0.4 is 10.6 Å². The Morgan fingerprint density at radius 2 is 1.97 bits per heavy atom. The van der Waals surface area contributed by atoms with Gasteiger partial charge in [0.15, 0.2) is 0 Å². The van der Waals surface area contributed by atoms with Gasteiger partial charge in [0.1, 0.15) is 27.1 Å². The molecule has 0 saturated carbocycles. The first-order valence-electron chi connectivity index (χ1n) is 10.7. The number of carbonyl (C=O) groups excluding carboxylic acids is 1. The molecule has 0 aliphatic carbocycles. The second-order valence-electron chi connectivity index (χ2n) is 7.90. The quantitative estimate of drug-likeness (QED) is 0.423. The van der Waals surface area contributed by atoms with Crippen LogP contribution in [0.25, 0.3) is 11.3 Å². The Morgan fingerprint density at radius 1 is 1.23 bits per heavy atom. The Labute approximate surface area is 212 Å². The molecule has 186 valence electrons. The molecule has 1 fully saturated rings. The third-order valence-corrected chi connectivity index (χ3v) is 8.60. The summed E-state index contributed by atoms with van der Waals surface area (Å²) in [6.07, 6.45) is -3.08. The van der Waals surface area contributed by atoms with E-state index in [0.29, 0.717) is 38.6 Å². The molecule has 1 aromatic carbocycles. The van der Waals surface area contributed by atoms with Crippen molar-refractivity contribution in [2.24, 2.45) is 0 Å². The van der Waals surface area contributed by atoms with E-state index in [1.807, 2.05) is 0 Å². The van der Waals surface area contributed by atoms with Crippen molar-refractivity contribution >= 4 is 45.6 Å². The lowest BCUT2D eigenvalue weighted by Gasteiger charge is -2.22. The van der Waals surface area contributed by atoms with Crippen LogP contribution in [0.5, 0.6) is 0 Å². The number of thiophene rings is 1. The van der Waals surface area contributed by atoms with Crippen LogP contribution in [-0.2, 0) is 28.5 Å². The molecular formula is C23H22ClF3N4O2S2. The topological polar surface area (TPSA) is 74.3 Å². The number of halogens is 4. The number of anilines is 1. The van der Waals surface area contributed by atoms with Gasteiger partial charge in [-0.25, -0.2) is 13.5 Å². The van der Waals surface area contributed by atoms with Gasteiger partial charge >= 0.3 is 6.18 Å². The van der Waals surface area contributed by atoms with E-state index in [-0.39, 0.29) is 12.5 Å². The minimum absolute atomic E-state index is 0.186. The molecule has 2 unspecified atom stereocenters. The average Bonchev–Trinajstić information content (AvgIpc) is 3.51. The van der Waals surface area contributed by atoms with Gasteiger partial charge < -0.3 is 10.6 Å². The lowest BCUT2D eigenvalue weighted by Crippen LogP contribution is -2.43. The zero-order valence-electron chi connectivity index (χ0n) is 18.6. The fourth-order valence-corrected chi connectivity index (χ4v) is 6.71. The molecule has 3 heterocycles. The van der Waals surface area contributed by atoms with Crippen molar-refractivity contribution in [2.75, 3.05) is 18.9 Å². The molecule has 0 radical (unpaired) electrons. The van der Waals surface area contributed by atoms with Gasteiger partial charge in [-0.05, 0) is 54.8 Å². The Hall–Kier alpha value is -2.47. The van der Waals surface area contributed by atoms with Crippen molar-refractivity contribution in [1.29, 1.82) is 0 Å². The maximum atomic E-state index is 13.0. The smallest absolute Gasteiger partial charge is 0.373 e. The molecule has 3 aromatic rings. The summed E-state index contributed by atoms with van der Waals surface area (Å²) in [7, 11) is 0.212. The fourth-order valence-electron chi connectivity index (χ4n) is 3.81. The molecule has 1 saturated heterocycles. The monoisotopic (exact) mass is 542 g/mol. The summed E-state index contributed by atoms with van der Waals surface area (Å²) < 4.78 is 54.4. The minimum atomic E-state index is -4.41. The second kappa shape index (κ2) is 10.7. The Bertz CT molecular complexity index is 1230. The van der Waals surface area contributed by atoms with E-state index in [1.165, 1.54) is 23.5 Å². The maximum Gasteiger partial charge on any atom is 0.416 e. The molecule has 2 aromatic heterocycles. The summed E-state index contributed by atoms with van der Waals surface area (Å²) in [4.78, 5) is 17.4. The highest BCUT2D eigenvalue weighted by atomic mass is 35.5. The number of nitrogens with zero attached hydrogens (tertiary/aromatic N) is 2. The van der Waals surface area contributed by atoms with E-state index in [4.69, 9.17) is 11.6 Å². The number of alkyl halides is 3. The van der Waals surface area contributed by atoms with E-state index >= 15 is 0 Å². The third kappa shape index (κ3) is 6.03. The maximum absolute atomic E-state index is 13.0. The molecule has 12 heteroatoms. The summed E-state index contributed by atoms with van der Waals surface area (Å²) in [6.45, 7) is 0.725. The lowest BCUT2D eigenvalue weighted by atomic mass is 10.1. The normalized spacial score (nSPS) is 17.3. The summed E-state index contributed by atoms with van der Waals surface area (Å²) in [5.41, 5.74) is 0.993. The molecule has 6 nitrogen and oxygen atoms in total. The van der Waals surface area contributed by atoms with Crippen LogP contribution in [0.3, 0.4) is 0 Å². The van der Waals surface area contributed by atoms with Crippen molar-refractivity contribution in [2.45, 2.75) is 35.8 Å². The van der Waals surface area contributed by atoms with Gasteiger partial charge in [0.25, 0.3) is 0 Å². The fraction of sp³-hybridized carbons (Fsp3) is 0.304. The molecule has 1 aliphatic rings. The van der Waals surface area contributed by atoms with Gasteiger partial charge in [0.05, 0.1) is 15.6 Å². The number of pyridine rings is 1. The number of amides is 1. The van der Waals surface area contributed by atoms with Crippen LogP contribution in [0.1, 0.15) is 24.0 Å². The first kappa shape index (κ1) is 25.6. The summed E-state index contributed by atoms with van der Waals surface area (Å²) in [5, 5.41) is 5.84. The van der Waals surface area contributed by atoms with Crippen LogP contribution in [-0.4, -0.2) is 39.0 Å². The van der Waals surface area contributed by atoms with E-state index in [0.717, 1.165) is 24.1 Å². The first-order chi connectivity index (χ1) is 16.7. The highest BCUT2D eigenvalue weighted by Crippen LogP contribution is 2.32. The number of nitrogens with one attached hydrogen (secondary N) is 2. The Balaban J connectivity index is 1.47. The van der Waals surface area contributed by atoms with Crippen LogP contribution in [0.2, 0.25) is 4.34 Å². The van der Waals surface area contributed by atoms with Gasteiger partial charge in [-0.15, -0.1) is 11.3 Å². The van der Waals surface area contributed by atoms with Crippen molar-refractivity contribution in [3.8, 4) is 11.3 Å². The number of benzene rings is 1. The zero-order valence-corrected chi connectivity index (χ0v) is 21.0. The predicted molar refractivity (Wildman–Crippen MR) is 132 cm³/mol. The number of hydrogen-bond acceptors (Lipinski definition) is 5. The number of aromatic nitrogens is 1.